The standard InChI is InChI=1S/C39H38N4O5/c1-2-3-24-38(40,36(45)46)35(44)34(42-37(47)48-27-29-16-8-4-9-17-29)25-33-26-41-28-43(33)39(30-18-10-5-11-19-30,31-20-12-6-13-21-31)32-22-14-7-15-23-32/h2-23,26,28,34H,24-25,27,40H2,1H3,(H,42,47)(H,45,46). The van der Waals surface area contributed by atoms with Crippen LogP contribution in [0.1, 0.15) is 41.3 Å². The van der Waals surface area contributed by atoms with Gasteiger partial charge in [0.25, 0.3) is 0 Å². The number of carboxylic acids is 1. The maximum absolute atomic E-state index is 14.2. The Kier molecular flexibility index (Phi) is 10.6. The zero-order valence-corrected chi connectivity index (χ0v) is 26.6. The molecule has 244 valence electrons. The van der Waals surface area contributed by atoms with E-state index in [1.54, 1.807) is 37.7 Å². The molecule has 0 bridgehead atoms. The molecule has 0 aliphatic carbocycles. The summed E-state index contributed by atoms with van der Waals surface area (Å²) in [4.78, 5) is 44.4. The molecule has 0 aliphatic heterocycles. The molecule has 1 aromatic heterocycles. The van der Waals surface area contributed by atoms with Gasteiger partial charge in [0.2, 0.25) is 0 Å². The molecule has 5 aromatic rings. The molecule has 9 heteroatoms. The first-order chi connectivity index (χ1) is 23.3. The number of carboxylic acid groups (broad SMARTS) is 1. The lowest BCUT2D eigenvalue weighted by Crippen LogP contribution is -2.62. The highest BCUT2D eigenvalue weighted by Gasteiger charge is 2.46. The second-order valence-corrected chi connectivity index (χ2v) is 11.4. The topological polar surface area (TPSA) is 137 Å². The van der Waals surface area contributed by atoms with E-state index in [2.05, 4.69) is 10.3 Å². The molecule has 0 saturated heterocycles. The summed E-state index contributed by atoms with van der Waals surface area (Å²) in [5.41, 5.74) is 7.11. The van der Waals surface area contributed by atoms with E-state index in [1.165, 1.54) is 6.08 Å². The number of carbonyl (C=O) groups is 3. The quantitative estimate of drug-likeness (QED) is 0.0782. The van der Waals surface area contributed by atoms with E-state index in [-0.39, 0.29) is 19.4 Å². The molecule has 2 unspecified atom stereocenters. The number of aromatic nitrogens is 2. The van der Waals surface area contributed by atoms with Crippen LogP contribution in [0.25, 0.3) is 0 Å². The van der Waals surface area contributed by atoms with Crippen molar-refractivity contribution in [3.63, 3.8) is 0 Å². The minimum atomic E-state index is -2.32. The van der Waals surface area contributed by atoms with Gasteiger partial charge in [-0.2, -0.15) is 0 Å². The van der Waals surface area contributed by atoms with Gasteiger partial charge in [-0.05, 0) is 29.2 Å². The Balaban J connectivity index is 1.62. The second kappa shape index (κ2) is 15.2. The number of ether oxygens (including phenoxy) is 1. The van der Waals surface area contributed by atoms with Gasteiger partial charge in [-0.1, -0.05) is 133 Å². The van der Waals surface area contributed by atoms with Crippen LogP contribution in [0.5, 0.6) is 0 Å². The van der Waals surface area contributed by atoms with E-state index in [0.717, 1.165) is 22.3 Å². The number of Topliss-reactive ketones (excluding diaryl/α,β-unsaturated/α-hetero) is 1. The van der Waals surface area contributed by atoms with Crippen molar-refractivity contribution in [1.82, 2.24) is 14.9 Å². The highest BCUT2D eigenvalue weighted by molar-refractivity contribution is 6.10. The van der Waals surface area contributed by atoms with Crippen LogP contribution in [0.3, 0.4) is 0 Å². The fraction of sp³-hybridized carbons (Fsp3) is 0.179. The van der Waals surface area contributed by atoms with Crippen LogP contribution < -0.4 is 11.1 Å². The number of ketones is 1. The number of imidazole rings is 1. The molecule has 2 atom stereocenters. The fourth-order valence-corrected chi connectivity index (χ4v) is 5.96. The molecule has 0 saturated carbocycles. The number of amides is 1. The smallest absolute Gasteiger partial charge is 0.408 e. The normalized spacial score (nSPS) is 13.4. The van der Waals surface area contributed by atoms with Gasteiger partial charge < -0.3 is 25.5 Å². The van der Waals surface area contributed by atoms with Gasteiger partial charge >= 0.3 is 12.1 Å². The highest BCUT2D eigenvalue weighted by atomic mass is 16.5. The van der Waals surface area contributed by atoms with Crippen LogP contribution in [0.4, 0.5) is 4.79 Å². The monoisotopic (exact) mass is 642 g/mol. The number of nitrogens with two attached hydrogens (primary N) is 1. The summed E-state index contributed by atoms with van der Waals surface area (Å²) in [7, 11) is 0. The summed E-state index contributed by atoms with van der Waals surface area (Å²) in [5, 5.41) is 12.8. The number of rotatable bonds is 14. The number of allylic oxidation sites excluding steroid dienone is 1. The molecular formula is C39H38N4O5. The van der Waals surface area contributed by atoms with Gasteiger partial charge in [-0.25, -0.2) is 14.6 Å². The van der Waals surface area contributed by atoms with Gasteiger partial charge in [0.15, 0.2) is 11.3 Å². The lowest BCUT2D eigenvalue weighted by Gasteiger charge is -2.39. The molecule has 4 N–H and O–H groups in total. The van der Waals surface area contributed by atoms with Gasteiger partial charge in [-0.15, -0.1) is 0 Å². The number of nitrogens with one attached hydrogen (secondary N) is 1. The minimum Gasteiger partial charge on any atom is -0.480 e. The Labute approximate surface area is 279 Å². The van der Waals surface area contributed by atoms with Crippen LogP contribution in [-0.2, 0) is 32.9 Å². The molecule has 0 fully saturated rings. The molecule has 5 rings (SSSR count). The largest absolute Gasteiger partial charge is 0.480 e. The fourth-order valence-electron chi connectivity index (χ4n) is 5.96. The number of benzene rings is 4. The molecule has 0 spiro atoms. The lowest BCUT2D eigenvalue weighted by atomic mass is 9.76. The zero-order chi connectivity index (χ0) is 34.0. The van der Waals surface area contributed by atoms with Gasteiger partial charge in [-0.3, -0.25) is 4.79 Å². The second-order valence-electron chi connectivity index (χ2n) is 11.4. The summed E-state index contributed by atoms with van der Waals surface area (Å²) in [6.07, 6.45) is 5.16. The van der Waals surface area contributed by atoms with Crippen molar-refractivity contribution in [2.24, 2.45) is 5.73 Å². The third-order valence-corrected chi connectivity index (χ3v) is 8.38. The van der Waals surface area contributed by atoms with E-state index < -0.39 is 35.0 Å². The maximum Gasteiger partial charge on any atom is 0.408 e. The number of hydrogen-bond acceptors (Lipinski definition) is 6. The molecule has 1 heterocycles. The van der Waals surface area contributed by atoms with Crippen molar-refractivity contribution in [2.75, 3.05) is 0 Å². The van der Waals surface area contributed by atoms with Crippen molar-refractivity contribution in [3.05, 3.63) is 174 Å². The Morgan fingerprint density at radius 3 is 1.83 bits per heavy atom. The van der Waals surface area contributed by atoms with Gasteiger partial charge in [0.1, 0.15) is 12.1 Å². The predicted molar refractivity (Wildman–Crippen MR) is 183 cm³/mol. The van der Waals surface area contributed by atoms with E-state index in [0.29, 0.717) is 5.69 Å². The summed E-state index contributed by atoms with van der Waals surface area (Å²) >= 11 is 0. The molecule has 9 nitrogen and oxygen atoms in total. The zero-order valence-electron chi connectivity index (χ0n) is 26.6. The number of nitrogens with zero attached hydrogens (tertiary/aromatic N) is 2. The van der Waals surface area contributed by atoms with Gasteiger partial charge in [0.05, 0.1) is 12.4 Å². The van der Waals surface area contributed by atoms with Crippen LogP contribution in [0.2, 0.25) is 0 Å². The number of aliphatic carboxylic acids is 1. The van der Waals surface area contributed by atoms with E-state index in [1.807, 2.05) is 114 Å². The molecule has 1 amide bonds. The average molecular weight is 643 g/mol. The van der Waals surface area contributed by atoms with Crippen molar-refractivity contribution >= 4 is 17.8 Å². The van der Waals surface area contributed by atoms with Crippen molar-refractivity contribution in [1.29, 1.82) is 0 Å². The summed E-state index contributed by atoms with van der Waals surface area (Å²) < 4.78 is 7.43. The minimum absolute atomic E-state index is 0.0457. The van der Waals surface area contributed by atoms with E-state index >= 15 is 0 Å². The van der Waals surface area contributed by atoms with Crippen LogP contribution >= 0.6 is 0 Å². The molecule has 0 radical (unpaired) electrons. The van der Waals surface area contributed by atoms with Crippen LogP contribution in [-0.4, -0.2) is 44.1 Å². The van der Waals surface area contributed by atoms with E-state index in [4.69, 9.17) is 10.5 Å². The van der Waals surface area contributed by atoms with Crippen molar-refractivity contribution < 1.29 is 24.2 Å². The molecule has 4 aromatic carbocycles. The first-order valence-electron chi connectivity index (χ1n) is 15.6. The average Bonchev–Trinajstić information content (AvgIpc) is 3.59. The van der Waals surface area contributed by atoms with Crippen LogP contribution in [0, 0.1) is 0 Å². The van der Waals surface area contributed by atoms with Crippen LogP contribution in [0.15, 0.2) is 146 Å². The predicted octanol–water partition coefficient (Wildman–Crippen LogP) is 5.88. The first kappa shape index (κ1) is 33.6. The maximum atomic E-state index is 14.2. The third-order valence-electron chi connectivity index (χ3n) is 8.38. The number of alkyl carbamates (subject to hydrolysis) is 1. The molecular weight excluding hydrogens is 604 g/mol. The third kappa shape index (κ3) is 6.96. The summed E-state index contributed by atoms with van der Waals surface area (Å²) in [5.74, 6) is -2.38. The Bertz CT molecular complexity index is 1750. The Morgan fingerprint density at radius 1 is 0.854 bits per heavy atom. The first-order valence-corrected chi connectivity index (χ1v) is 15.6. The summed E-state index contributed by atoms with van der Waals surface area (Å²) in [6, 6.07) is 37.4. The Hall–Kier alpha value is -5.80. The summed E-state index contributed by atoms with van der Waals surface area (Å²) in [6.45, 7) is 1.66. The Morgan fingerprint density at radius 2 is 1.35 bits per heavy atom. The van der Waals surface area contributed by atoms with Crippen molar-refractivity contribution in [3.8, 4) is 0 Å². The van der Waals surface area contributed by atoms with Gasteiger partial charge in [0, 0.05) is 24.7 Å². The highest BCUT2D eigenvalue weighted by Crippen LogP contribution is 2.41. The number of carbonyl (C=O) groups excluding carboxylic acids is 2. The lowest BCUT2D eigenvalue weighted by molar-refractivity contribution is -0.148. The SMILES string of the molecule is CC=CCC(N)(C(=O)O)C(=O)C(Cc1cncn1C(c1ccccc1)(c1ccccc1)c1ccccc1)NC(=O)OCc1ccccc1. The van der Waals surface area contributed by atoms with Crippen molar-refractivity contribution in [2.45, 2.75) is 43.5 Å². The number of hydrogen-bond donors (Lipinski definition) is 3. The molecule has 48 heavy (non-hydrogen) atoms. The van der Waals surface area contributed by atoms with E-state index in [9.17, 15) is 19.5 Å². The molecule has 0 aliphatic rings.